The number of unbranched alkanes of at least 4 members (excludes halogenated alkanes) is 25. The number of carbonyl (C=O) groups is 1. The van der Waals surface area contributed by atoms with Gasteiger partial charge in [-0.3, -0.25) is 4.79 Å². The van der Waals surface area contributed by atoms with Gasteiger partial charge in [-0.1, -0.05) is 173 Å². The van der Waals surface area contributed by atoms with E-state index in [2.05, 4.69) is 31.3 Å². The highest BCUT2D eigenvalue weighted by Gasteiger charge is 2.44. The van der Waals surface area contributed by atoms with E-state index in [0.717, 1.165) is 57.8 Å². The molecule has 1 aliphatic rings. The first-order valence-electron chi connectivity index (χ1n) is 22.6. The highest BCUT2D eigenvalue weighted by atomic mass is 16.7. The monoisotopic (exact) mass is 768 g/mol. The fourth-order valence-electron chi connectivity index (χ4n) is 7.09. The Hall–Kier alpha value is -1.33. The third-order valence-corrected chi connectivity index (χ3v) is 10.8. The summed E-state index contributed by atoms with van der Waals surface area (Å²) in [5, 5.41) is 54.1. The molecule has 1 aliphatic heterocycles. The first kappa shape index (κ1) is 50.7. The summed E-state index contributed by atoms with van der Waals surface area (Å²) in [5.41, 5.74) is 0. The number of ether oxygens (including phenoxy) is 2. The maximum absolute atomic E-state index is 12.9. The zero-order valence-corrected chi connectivity index (χ0v) is 34.7. The lowest BCUT2D eigenvalue weighted by molar-refractivity contribution is -0.302. The largest absolute Gasteiger partial charge is 0.394 e. The van der Waals surface area contributed by atoms with Crippen LogP contribution in [-0.4, -0.2) is 87.5 Å². The molecule has 1 fully saturated rings. The average Bonchev–Trinajstić information content (AvgIpc) is 3.17. The van der Waals surface area contributed by atoms with Crippen molar-refractivity contribution in [2.75, 3.05) is 13.2 Å². The number of allylic oxidation sites excluding steroid dienone is 3. The number of rotatable bonds is 37. The molecule has 0 spiro atoms. The third kappa shape index (κ3) is 26.5. The summed E-state index contributed by atoms with van der Waals surface area (Å²) in [6.45, 7) is 3.76. The summed E-state index contributed by atoms with van der Waals surface area (Å²) in [5.74, 6) is -0.186. The molecule has 0 aromatic rings. The zero-order chi connectivity index (χ0) is 39.5. The summed E-state index contributed by atoms with van der Waals surface area (Å²) in [6, 6.07) is -0.805. The molecular weight excluding hydrogens is 682 g/mol. The normalized spacial score (nSPS) is 21.6. The Morgan fingerprint density at radius 2 is 1.04 bits per heavy atom. The van der Waals surface area contributed by atoms with Crippen LogP contribution in [0.15, 0.2) is 24.3 Å². The molecule has 1 saturated heterocycles. The zero-order valence-electron chi connectivity index (χ0n) is 34.7. The number of nitrogens with one attached hydrogen (secondary N) is 1. The minimum Gasteiger partial charge on any atom is -0.394 e. The molecule has 7 atom stereocenters. The number of aliphatic hydroxyl groups is 5. The van der Waals surface area contributed by atoms with Crippen LogP contribution < -0.4 is 5.32 Å². The fourth-order valence-corrected chi connectivity index (χ4v) is 7.09. The van der Waals surface area contributed by atoms with Gasteiger partial charge in [-0.25, -0.2) is 0 Å². The standard InChI is InChI=1S/C45H85NO8/c1-3-5-7-9-11-13-15-17-19-21-22-24-26-28-30-32-34-39(48)38(37-53-45-44(52)43(51)42(50)40(36-47)54-45)46-41(49)35-33-31-29-27-25-23-20-18-16-14-12-10-8-6-4-2/h18,20,32,34,38-40,42-45,47-48,50-52H,3-17,19,21-31,33,35-37H2,1-2H3,(H,46,49)/b20-18-,34-32+. The molecular formula is C45H85NO8. The average molecular weight is 768 g/mol. The number of hydrogen-bond donors (Lipinski definition) is 6. The highest BCUT2D eigenvalue weighted by molar-refractivity contribution is 5.76. The van der Waals surface area contributed by atoms with Gasteiger partial charge in [-0.05, 0) is 44.9 Å². The van der Waals surface area contributed by atoms with Crippen LogP contribution in [0.2, 0.25) is 0 Å². The van der Waals surface area contributed by atoms with Crippen molar-refractivity contribution in [3.05, 3.63) is 24.3 Å². The van der Waals surface area contributed by atoms with Gasteiger partial charge < -0.3 is 40.3 Å². The first-order chi connectivity index (χ1) is 26.3. The number of hydrogen-bond acceptors (Lipinski definition) is 8. The van der Waals surface area contributed by atoms with Crippen LogP contribution in [0.5, 0.6) is 0 Å². The second-order valence-corrected chi connectivity index (χ2v) is 15.8. The summed E-state index contributed by atoms with van der Waals surface area (Å²) in [6.07, 6.45) is 35.0. The van der Waals surface area contributed by atoms with Crippen LogP contribution in [0.25, 0.3) is 0 Å². The van der Waals surface area contributed by atoms with E-state index in [4.69, 9.17) is 9.47 Å². The Balaban J connectivity index is 2.38. The molecule has 9 heteroatoms. The van der Waals surface area contributed by atoms with Crippen LogP contribution in [0.4, 0.5) is 0 Å². The summed E-state index contributed by atoms with van der Waals surface area (Å²) >= 11 is 0. The van der Waals surface area contributed by atoms with Gasteiger partial charge in [0.05, 0.1) is 25.4 Å². The molecule has 0 bridgehead atoms. The van der Waals surface area contributed by atoms with E-state index in [1.54, 1.807) is 6.08 Å². The Morgan fingerprint density at radius 3 is 1.50 bits per heavy atom. The second-order valence-electron chi connectivity index (χ2n) is 15.8. The van der Waals surface area contributed by atoms with Gasteiger partial charge in [0.25, 0.3) is 0 Å². The Bertz CT molecular complexity index is 899. The van der Waals surface area contributed by atoms with E-state index < -0.39 is 49.5 Å². The summed E-state index contributed by atoms with van der Waals surface area (Å²) in [4.78, 5) is 12.9. The molecule has 0 radical (unpaired) electrons. The number of aliphatic hydroxyl groups excluding tert-OH is 5. The molecule has 6 N–H and O–H groups in total. The van der Waals surface area contributed by atoms with Crippen molar-refractivity contribution in [3.63, 3.8) is 0 Å². The minimum absolute atomic E-state index is 0.186. The van der Waals surface area contributed by atoms with Gasteiger partial charge in [0.2, 0.25) is 5.91 Å². The van der Waals surface area contributed by atoms with Crippen LogP contribution in [-0.2, 0) is 14.3 Å². The van der Waals surface area contributed by atoms with Crippen molar-refractivity contribution in [3.8, 4) is 0 Å². The molecule has 0 aromatic carbocycles. The van der Waals surface area contributed by atoms with Crippen molar-refractivity contribution >= 4 is 5.91 Å². The summed E-state index contributed by atoms with van der Waals surface area (Å²) in [7, 11) is 0. The second kappa shape index (κ2) is 36.0. The topological polar surface area (TPSA) is 149 Å². The van der Waals surface area contributed by atoms with Crippen molar-refractivity contribution in [2.45, 2.75) is 243 Å². The molecule has 0 aromatic heterocycles. The molecule has 54 heavy (non-hydrogen) atoms. The van der Waals surface area contributed by atoms with Crippen LogP contribution >= 0.6 is 0 Å². The van der Waals surface area contributed by atoms with E-state index >= 15 is 0 Å². The molecule has 9 nitrogen and oxygen atoms in total. The van der Waals surface area contributed by atoms with Gasteiger partial charge in [0.1, 0.15) is 24.4 Å². The highest BCUT2D eigenvalue weighted by Crippen LogP contribution is 2.22. The number of amides is 1. The van der Waals surface area contributed by atoms with Gasteiger partial charge >= 0.3 is 0 Å². The molecule has 0 aliphatic carbocycles. The third-order valence-electron chi connectivity index (χ3n) is 10.8. The lowest BCUT2D eigenvalue weighted by atomic mass is 9.99. The van der Waals surface area contributed by atoms with Gasteiger partial charge in [-0.15, -0.1) is 0 Å². The lowest BCUT2D eigenvalue weighted by Gasteiger charge is -2.40. The molecule has 1 heterocycles. The Morgan fingerprint density at radius 1 is 0.611 bits per heavy atom. The van der Waals surface area contributed by atoms with E-state index in [-0.39, 0.29) is 12.5 Å². The first-order valence-corrected chi connectivity index (χ1v) is 22.6. The van der Waals surface area contributed by atoms with Crippen molar-refractivity contribution in [2.24, 2.45) is 0 Å². The van der Waals surface area contributed by atoms with Crippen molar-refractivity contribution in [1.29, 1.82) is 0 Å². The SMILES string of the molecule is CCCCCCCC/C=C\CCCCCCCC(=O)NC(COC1OC(CO)C(O)C(O)C1O)C(O)/C=C/CCCCCCCCCCCCCCCC. The van der Waals surface area contributed by atoms with Crippen molar-refractivity contribution in [1.82, 2.24) is 5.32 Å². The molecule has 318 valence electrons. The van der Waals surface area contributed by atoms with Gasteiger partial charge in [-0.2, -0.15) is 0 Å². The maximum Gasteiger partial charge on any atom is 0.220 e. The fraction of sp³-hybridized carbons (Fsp3) is 0.889. The quantitative estimate of drug-likeness (QED) is 0.0271. The smallest absolute Gasteiger partial charge is 0.220 e. The van der Waals surface area contributed by atoms with Crippen LogP contribution in [0.1, 0.15) is 200 Å². The van der Waals surface area contributed by atoms with Crippen LogP contribution in [0, 0.1) is 0 Å². The molecule has 0 saturated carbocycles. The van der Waals surface area contributed by atoms with Crippen molar-refractivity contribution < 1.29 is 39.8 Å². The lowest BCUT2D eigenvalue weighted by Crippen LogP contribution is -2.60. The number of carbonyl (C=O) groups excluding carboxylic acids is 1. The maximum atomic E-state index is 12.9. The predicted octanol–water partition coefficient (Wildman–Crippen LogP) is 9.11. The molecule has 7 unspecified atom stereocenters. The summed E-state index contributed by atoms with van der Waals surface area (Å²) < 4.78 is 11.2. The van der Waals surface area contributed by atoms with Crippen LogP contribution in [0.3, 0.4) is 0 Å². The van der Waals surface area contributed by atoms with E-state index in [1.807, 2.05) is 6.08 Å². The Labute approximate surface area is 330 Å². The van der Waals surface area contributed by atoms with Gasteiger partial charge in [0, 0.05) is 6.42 Å². The van der Waals surface area contributed by atoms with E-state index in [9.17, 15) is 30.3 Å². The predicted molar refractivity (Wildman–Crippen MR) is 221 cm³/mol. The van der Waals surface area contributed by atoms with Gasteiger partial charge in [0.15, 0.2) is 6.29 Å². The molecule has 1 rings (SSSR count). The minimum atomic E-state index is -1.56. The molecule has 1 amide bonds. The Kier molecular flexibility index (Phi) is 33.8. The van der Waals surface area contributed by atoms with E-state index in [1.165, 1.54) is 122 Å². The van der Waals surface area contributed by atoms with E-state index in [0.29, 0.717) is 6.42 Å².